The van der Waals surface area contributed by atoms with Gasteiger partial charge in [-0.15, -0.1) is 11.8 Å². The molecule has 0 fully saturated rings. The Hall–Kier alpha value is -1.74. The molecule has 0 radical (unpaired) electrons. The molecule has 1 atom stereocenters. The lowest BCUT2D eigenvalue weighted by Crippen LogP contribution is -2.25. The molecule has 3 heteroatoms. The Morgan fingerprint density at radius 3 is 2.77 bits per heavy atom. The molecule has 2 aromatic rings. The van der Waals surface area contributed by atoms with Crippen molar-refractivity contribution in [2.75, 3.05) is 5.32 Å². The fraction of sp³-hybridized carbons (Fsp3) is 0.316. The smallest absolute Gasteiger partial charge is 0.238 e. The highest BCUT2D eigenvalue weighted by atomic mass is 32.2. The van der Waals surface area contributed by atoms with Gasteiger partial charge in [-0.25, -0.2) is 0 Å². The molecule has 1 amide bonds. The molecule has 0 aromatic heterocycles. The van der Waals surface area contributed by atoms with Crippen molar-refractivity contribution in [2.24, 2.45) is 0 Å². The summed E-state index contributed by atoms with van der Waals surface area (Å²) in [5.41, 5.74) is 4.66. The van der Waals surface area contributed by atoms with Gasteiger partial charge >= 0.3 is 0 Å². The number of fused-ring (bicyclic) bond motifs is 1. The maximum atomic E-state index is 12.6. The van der Waals surface area contributed by atoms with E-state index in [0.29, 0.717) is 5.92 Å². The fourth-order valence-corrected chi connectivity index (χ4v) is 4.10. The number of hydrogen-bond acceptors (Lipinski definition) is 2. The molecule has 0 saturated heterocycles. The van der Waals surface area contributed by atoms with E-state index in [1.54, 1.807) is 11.8 Å². The predicted molar refractivity (Wildman–Crippen MR) is 93.7 cm³/mol. The van der Waals surface area contributed by atoms with Crippen LogP contribution in [0.5, 0.6) is 0 Å². The van der Waals surface area contributed by atoms with Crippen LogP contribution in [0.1, 0.15) is 36.5 Å². The van der Waals surface area contributed by atoms with E-state index in [4.69, 9.17) is 0 Å². The quantitative estimate of drug-likeness (QED) is 0.884. The van der Waals surface area contributed by atoms with Crippen LogP contribution in [0.2, 0.25) is 0 Å². The van der Waals surface area contributed by atoms with Gasteiger partial charge in [-0.1, -0.05) is 49.7 Å². The number of carbonyl (C=O) groups is 1. The minimum absolute atomic E-state index is 0.0305. The molecular formula is C19H21NOS. The predicted octanol–water partition coefficient (Wildman–Crippen LogP) is 4.77. The number of aryl methyl sites for hydroxylation is 1. The lowest BCUT2D eigenvalue weighted by molar-refractivity contribution is -0.115. The number of thioether (sulfide) groups is 1. The highest BCUT2D eigenvalue weighted by Gasteiger charge is 2.28. The first-order chi connectivity index (χ1) is 10.5. The summed E-state index contributed by atoms with van der Waals surface area (Å²) in [6.45, 7) is 6.38. The zero-order chi connectivity index (χ0) is 15.7. The molecule has 0 aliphatic carbocycles. The number of rotatable bonds is 3. The highest BCUT2D eigenvalue weighted by molar-refractivity contribution is 8.01. The van der Waals surface area contributed by atoms with Gasteiger partial charge in [0.1, 0.15) is 0 Å². The molecule has 1 aliphatic rings. The first-order valence-corrected chi connectivity index (χ1v) is 8.58. The Labute approximate surface area is 136 Å². The molecule has 1 N–H and O–H groups in total. The monoisotopic (exact) mass is 311 g/mol. The number of para-hydroxylation sites is 1. The number of amides is 1. The summed E-state index contributed by atoms with van der Waals surface area (Å²) in [7, 11) is 0. The average molecular weight is 311 g/mol. The van der Waals surface area contributed by atoms with Crippen LogP contribution in [0, 0.1) is 6.92 Å². The van der Waals surface area contributed by atoms with Crippen LogP contribution in [0.4, 0.5) is 5.69 Å². The van der Waals surface area contributed by atoms with Crippen molar-refractivity contribution in [1.29, 1.82) is 0 Å². The number of nitrogens with one attached hydrogen (secondary N) is 1. The minimum Gasteiger partial charge on any atom is -0.325 e. The third-order valence-electron chi connectivity index (χ3n) is 4.03. The zero-order valence-electron chi connectivity index (χ0n) is 13.2. The average Bonchev–Trinajstić information content (AvgIpc) is 2.90. The molecule has 22 heavy (non-hydrogen) atoms. The molecular weight excluding hydrogens is 290 g/mol. The van der Waals surface area contributed by atoms with E-state index in [2.05, 4.69) is 50.4 Å². The van der Waals surface area contributed by atoms with Crippen LogP contribution in [0.25, 0.3) is 0 Å². The lowest BCUT2D eigenvalue weighted by atomic mass is 10.0. The van der Waals surface area contributed by atoms with E-state index in [1.165, 1.54) is 21.6 Å². The molecule has 2 nitrogen and oxygen atoms in total. The van der Waals surface area contributed by atoms with Crippen LogP contribution in [0.15, 0.2) is 47.4 Å². The van der Waals surface area contributed by atoms with Gasteiger partial charge in [-0.3, -0.25) is 4.79 Å². The van der Waals surface area contributed by atoms with Crippen LogP contribution in [0.3, 0.4) is 0 Å². The minimum atomic E-state index is -0.0305. The normalized spacial score (nSPS) is 16.6. The number of carbonyl (C=O) groups excluding carboxylic acids is 1. The van der Waals surface area contributed by atoms with E-state index in [9.17, 15) is 4.79 Å². The molecule has 1 heterocycles. The fourth-order valence-electron chi connectivity index (χ4n) is 2.81. The Morgan fingerprint density at radius 2 is 2.00 bits per heavy atom. The molecule has 2 aromatic carbocycles. The number of benzene rings is 2. The SMILES string of the molecule is Cc1ccc2c(c1)SC(C(=O)Nc1ccccc1C(C)C)C2. The summed E-state index contributed by atoms with van der Waals surface area (Å²) in [6.07, 6.45) is 0.815. The van der Waals surface area contributed by atoms with Crippen molar-refractivity contribution >= 4 is 23.4 Å². The Balaban J connectivity index is 1.75. The van der Waals surface area contributed by atoms with Crippen molar-refractivity contribution in [3.63, 3.8) is 0 Å². The van der Waals surface area contributed by atoms with Crippen LogP contribution in [-0.2, 0) is 11.2 Å². The third kappa shape index (κ3) is 3.05. The van der Waals surface area contributed by atoms with E-state index in [1.807, 2.05) is 18.2 Å². The van der Waals surface area contributed by atoms with Gasteiger partial charge in [-0.2, -0.15) is 0 Å². The lowest BCUT2D eigenvalue weighted by Gasteiger charge is -2.15. The topological polar surface area (TPSA) is 29.1 Å². The van der Waals surface area contributed by atoms with E-state index >= 15 is 0 Å². The van der Waals surface area contributed by atoms with Gasteiger partial charge in [0.05, 0.1) is 5.25 Å². The van der Waals surface area contributed by atoms with E-state index in [-0.39, 0.29) is 11.2 Å². The maximum Gasteiger partial charge on any atom is 0.238 e. The van der Waals surface area contributed by atoms with Crippen molar-refractivity contribution < 1.29 is 4.79 Å². The largest absolute Gasteiger partial charge is 0.325 e. The van der Waals surface area contributed by atoms with Crippen LogP contribution in [-0.4, -0.2) is 11.2 Å². The summed E-state index contributed by atoms with van der Waals surface area (Å²) in [6, 6.07) is 14.5. The first kappa shape index (κ1) is 15.2. The second-order valence-electron chi connectivity index (χ2n) is 6.15. The van der Waals surface area contributed by atoms with Crippen LogP contribution >= 0.6 is 11.8 Å². The van der Waals surface area contributed by atoms with Gasteiger partial charge < -0.3 is 5.32 Å². The van der Waals surface area contributed by atoms with Crippen molar-refractivity contribution in [1.82, 2.24) is 0 Å². The molecule has 1 unspecified atom stereocenters. The highest BCUT2D eigenvalue weighted by Crippen LogP contribution is 2.38. The Bertz CT molecular complexity index is 708. The number of anilines is 1. The van der Waals surface area contributed by atoms with E-state index in [0.717, 1.165) is 12.1 Å². The van der Waals surface area contributed by atoms with Crippen molar-refractivity contribution in [3.8, 4) is 0 Å². The van der Waals surface area contributed by atoms with Crippen molar-refractivity contribution in [3.05, 3.63) is 59.2 Å². The zero-order valence-corrected chi connectivity index (χ0v) is 14.0. The molecule has 114 valence electrons. The molecule has 0 bridgehead atoms. The first-order valence-electron chi connectivity index (χ1n) is 7.70. The van der Waals surface area contributed by atoms with E-state index < -0.39 is 0 Å². The third-order valence-corrected chi connectivity index (χ3v) is 5.33. The molecule has 1 aliphatic heterocycles. The molecule has 0 spiro atoms. The second kappa shape index (κ2) is 6.17. The summed E-state index contributed by atoms with van der Waals surface area (Å²) < 4.78 is 0. The Morgan fingerprint density at radius 1 is 1.23 bits per heavy atom. The van der Waals surface area contributed by atoms with Gasteiger partial charge in [0, 0.05) is 10.6 Å². The summed E-state index contributed by atoms with van der Waals surface area (Å²) in [5, 5.41) is 3.09. The van der Waals surface area contributed by atoms with Gasteiger partial charge in [-0.05, 0) is 42.5 Å². The molecule has 3 rings (SSSR count). The summed E-state index contributed by atoms with van der Waals surface area (Å²) in [4.78, 5) is 13.9. The van der Waals surface area contributed by atoms with Gasteiger partial charge in [0.25, 0.3) is 0 Å². The standard InChI is InChI=1S/C19H21NOS/c1-12(2)15-6-4-5-7-16(15)20-19(21)18-11-14-9-8-13(3)10-17(14)22-18/h4-10,12,18H,11H2,1-3H3,(H,20,21). The second-order valence-corrected chi connectivity index (χ2v) is 7.40. The summed E-state index contributed by atoms with van der Waals surface area (Å²) in [5.74, 6) is 0.500. The Kier molecular flexibility index (Phi) is 4.25. The number of hydrogen-bond donors (Lipinski definition) is 1. The summed E-state index contributed by atoms with van der Waals surface area (Å²) >= 11 is 1.68. The van der Waals surface area contributed by atoms with Gasteiger partial charge in [0.15, 0.2) is 0 Å². The molecule has 0 saturated carbocycles. The van der Waals surface area contributed by atoms with Crippen molar-refractivity contribution in [2.45, 2.75) is 43.3 Å². The maximum absolute atomic E-state index is 12.6. The van der Waals surface area contributed by atoms with Gasteiger partial charge in [0.2, 0.25) is 5.91 Å². The van der Waals surface area contributed by atoms with Crippen LogP contribution < -0.4 is 5.32 Å².